The summed E-state index contributed by atoms with van der Waals surface area (Å²) in [6, 6.07) is 8.36. The van der Waals surface area contributed by atoms with Crippen molar-refractivity contribution < 1.29 is 9.13 Å². The van der Waals surface area contributed by atoms with Crippen LogP contribution in [0.4, 0.5) is 21.6 Å². The lowest BCUT2D eigenvalue weighted by Gasteiger charge is -2.13. The van der Waals surface area contributed by atoms with Crippen LogP contribution in [0.2, 0.25) is 0 Å². The normalized spacial score (nSPS) is 17.3. The van der Waals surface area contributed by atoms with Crippen molar-refractivity contribution in [3.63, 3.8) is 0 Å². The first-order valence-electron chi connectivity index (χ1n) is 7.75. The summed E-state index contributed by atoms with van der Waals surface area (Å²) in [5.74, 6) is 0.191. The van der Waals surface area contributed by atoms with E-state index in [1.54, 1.807) is 24.3 Å². The molecule has 1 fully saturated rings. The zero-order chi connectivity index (χ0) is 16.4. The fourth-order valence-electron chi connectivity index (χ4n) is 2.63. The van der Waals surface area contributed by atoms with Crippen LogP contribution in [-0.4, -0.2) is 44.5 Å². The molecule has 1 aliphatic heterocycles. The van der Waals surface area contributed by atoms with Crippen molar-refractivity contribution in [2.75, 3.05) is 23.8 Å². The Bertz CT molecular complexity index is 847. The molecular weight excluding hydrogens is 313 g/mol. The van der Waals surface area contributed by atoms with E-state index < -0.39 is 0 Å². The van der Waals surface area contributed by atoms with Crippen LogP contribution in [0.3, 0.4) is 0 Å². The van der Waals surface area contributed by atoms with Crippen LogP contribution in [-0.2, 0) is 4.74 Å². The molecule has 0 spiro atoms. The minimum absolute atomic E-state index is 0.161. The molecule has 1 aromatic carbocycles. The molecular formula is C15H16FN7O. The summed E-state index contributed by atoms with van der Waals surface area (Å²) in [7, 11) is 0. The van der Waals surface area contributed by atoms with E-state index in [9.17, 15) is 4.39 Å². The summed E-state index contributed by atoms with van der Waals surface area (Å²) in [5, 5.41) is 21.3. The maximum absolute atomic E-state index is 14.2. The summed E-state index contributed by atoms with van der Waals surface area (Å²) in [4.78, 5) is 0. The Balaban J connectivity index is 1.44. The third-order valence-electron chi connectivity index (χ3n) is 3.86. The highest BCUT2D eigenvalue weighted by Gasteiger charge is 2.15. The number of tetrazole rings is 1. The second-order valence-corrected chi connectivity index (χ2v) is 5.58. The van der Waals surface area contributed by atoms with Crippen LogP contribution in [0.1, 0.15) is 12.8 Å². The second kappa shape index (κ2) is 6.36. The topological polar surface area (TPSA) is 89.3 Å². The van der Waals surface area contributed by atoms with Gasteiger partial charge in [0.1, 0.15) is 5.82 Å². The Morgan fingerprint density at radius 2 is 2.25 bits per heavy atom. The van der Waals surface area contributed by atoms with Crippen LogP contribution in [0.15, 0.2) is 30.3 Å². The van der Waals surface area contributed by atoms with Crippen LogP contribution in [0.25, 0.3) is 5.65 Å². The highest BCUT2D eigenvalue weighted by molar-refractivity contribution is 5.61. The molecule has 24 heavy (non-hydrogen) atoms. The number of halogens is 1. The van der Waals surface area contributed by atoms with Gasteiger partial charge < -0.3 is 15.4 Å². The van der Waals surface area contributed by atoms with Crippen molar-refractivity contribution >= 4 is 22.8 Å². The van der Waals surface area contributed by atoms with E-state index in [-0.39, 0.29) is 11.9 Å². The fourth-order valence-corrected chi connectivity index (χ4v) is 2.63. The minimum atomic E-state index is -0.332. The zero-order valence-electron chi connectivity index (χ0n) is 12.8. The molecule has 0 unspecified atom stereocenters. The van der Waals surface area contributed by atoms with Crippen molar-refractivity contribution in [1.82, 2.24) is 25.3 Å². The van der Waals surface area contributed by atoms with Crippen molar-refractivity contribution in [3.8, 4) is 0 Å². The number of rotatable bonds is 5. The largest absolute Gasteiger partial charge is 0.380 e. The van der Waals surface area contributed by atoms with Gasteiger partial charge in [0.2, 0.25) is 0 Å². The van der Waals surface area contributed by atoms with Crippen LogP contribution < -0.4 is 10.6 Å². The maximum Gasteiger partial charge on any atom is 0.200 e. The Morgan fingerprint density at radius 3 is 3.08 bits per heavy atom. The first-order chi connectivity index (χ1) is 11.8. The summed E-state index contributed by atoms with van der Waals surface area (Å²) >= 11 is 0. The number of fused-ring (bicyclic) bond motifs is 1. The number of nitrogens with zero attached hydrogens (tertiary/aromatic N) is 5. The predicted octanol–water partition coefficient (Wildman–Crippen LogP) is 1.99. The Morgan fingerprint density at radius 1 is 1.29 bits per heavy atom. The van der Waals surface area contributed by atoms with Gasteiger partial charge in [0, 0.05) is 18.8 Å². The van der Waals surface area contributed by atoms with Gasteiger partial charge in [-0.3, -0.25) is 0 Å². The van der Waals surface area contributed by atoms with E-state index in [4.69, 9.17) is 4.74 Å². The van der Waals surface area contributed by atoms with Gasteiger partial charge in [-0.15, -0.1) is 14.8 Å². The van der Waals surface area contributed by atoms with Gasteiger partial charge in [0.25, 0.3) is 0 Å². The Labute approximate surface area is 137 Å². The maximum atomic E-state index is 14.2. The molecule has 4 rings (SSSR count). The number of benzene rings is 1. The SMILES string of the molecule is Fc1cc(Nc2ccc3nnnn3n2)ccc1NC[C@@H]1CCCO1. The molecule has 1 aliphatic rings. The average molecular weight is 329 g/mol. The van der Waals surface area contributed by atoms with Crippen LogP contribution in [0, 0.1) is 5.82 Å². The van der Waals surface area contributed by atoms with E-state index in [1.807, 2.05) is 0 Å². The summed E-state index contributed by atoms with van der Waals surface area (Å²) in [6.07, 6.45) is 2.24. The number of anilines is 3. The van der Waals surface area contributed by atoms with E-state index in [0.29, 0.717) is 29.4 Å². The molecule has 0 amide bonds. The first-order valence-corrected chi connectivity index (χ1v) is 7.75. The lowest BCUT2D eigenvalue weighted by atomic mass is 10.2. The molecule has 0 radical (unpaired) electrons. The molecule has 1 saturated heterocycles. The second-order valence-electron chi connectivity index (χ2n) is 5.58. The first kappa shape index (κ1) is 14.8. The summed E-state index contributed by atoms with van der Waals surface area (Å²) < 4.78 is 21.1. The van der Waals surface area contributed by atoms with Gasteiger partial charge in [-0.05, 0) is 53.6 Å². The highest BCUT2D eigenvalue weighted by atomic mass is 19.1. The third-order valence-corrected chi connectivity index (χ3v) is 3.86. The number of aromatic nitrogens is 5. The van der Waals surface area contributed by atoms with Gasteiger partial charge >= 0.3 is 0 Å². The summed E-state index contributed by atoms with van der Waals surface area (Å²) in [5.41, 5.74) is 1.59. The quantitative estimate of drug-likeness (QED) is 0.740. The van der Waals surface area contributed by atoms with Crippen LogP contribution in [0.5, 0.6) is 0 Å². The van der Waals surface area contributed by atoms with E-state index in [1.165, 1.54) is 10.7 Å². The standard InChI is InChI=1S/C15H16FN7O/c16-12-8-10(3-4-13(12)17-9-11-2-1-7-24-11)18-14-5-6-15-19-21-22-23(15)20-14/h3-6,8,11,17H,1-2,7,9H2,(H,18,20)/t11-/m0/s1. The Kier molecular flexibility index (Phi) is 3.91. The van der Waals surface area contributed by atoms with Gasteiger partial charge in [-0.1, -0.05) is 0 Å². The number of nitrogens with one attached hydrogen (secondary N) is 2. The smallest absolute Gasteiger partial charge is 0.200 e. The molecule has 0 saturated carbocycles. The predicted molar refractivity (Wildman–Crippen MR) is 85.7 cm³/mol. The number of hydrogen-bond donors (Lipinski definition) is 2. The van der Waals surface area contributed by atoms with Crippen molar-refractivity contribution in [2.24, 2.45) is 0 Å². The van der Waals surface area contributed by atoms with E-state index >= 15 is 0 Å². The number of ether oxygens (including phenoxy) is 1. The molecule has 1 atom stereocenters. The van der Waals surface area contributed by atoms with Gasteiger partial charge in [-0.25, -0.2) is 4.39 Å². The Hall–Kier alpha value is -2.81. The molecule has 3 heterocycles. The fraction of sp³-hybridized carbons (Fsp3) is 0.333. The highest BCUT2D eigenvalue weighted by Crippen LogP contribution is 2.22. The molecule has 2 aromatic heterocycles. The van der Waals surface area contributed by atoms with Crippen molar-refractivity contribution in [1.29, 1.82) is 0 Å². The van der Waals surface area contributed by atoms with Gasteiger partial charge in [0.15, 0.2) is 11.5 Å². The number of hydrogen-bond acceptors (Lipinski definition) is 7. The zero-order valence-corrected chi connectivity index (χ0v) is 12.8. The molecule has 9 heteroatoms. The van der Waals surface area contributed by atoms with Crippen LogP contribution >= 0.6 is 0 Å². The van der Waals surface area contributed by atoms with Gasteiger partial charge in [0.05, 0.1) is 11.8 Å². The van der Waals surface area contributed by atoms with Gasteiger partial charge in [-0.2, -0.15) is 0 Å². The van der Waals surface area contributed by atoms with Crippen molar-refractivity contribution in [3.05, 3.63) is 36.1 Å². The lowest BCUT2D eigenvalue weighted by Crippen LogP contribution is -2.18. The average Bonchev–Trinajstić information content (AvgIpc) is 3.25. The monoisotopic (exact) mass is 329 g/mol. The van der Waals surface area contributed by atoms with E-state index in [0.717, 1.165) is 19.4 Å². The third kappa shape index (κ3) is 3.11. The molecule has 8 nitrogen and oxygen atoms in total. The van der Waals surface area contributed by atoms with E-state index in [2.05, 4.69) is 31.3 Å². The lowest BCUT2D eigenvalue weighted by molar-refractivity contribution is 0.120. The molecule has 0 aliphatic carbocycles. The molecule has 2 N–H and O–H groups in total. The molecule has 3 aromatic rings. The molecule has 0 bridgehead atoms. The minimum Gasteiger partial charge on any atom is -0.380 e. The summed E-state index contributed by atoms with van der Waals surface area (Å²) in [6.45, 7) is 1.40. The molecule has 124 valence electrons. The van der Waals surface area contributed by atoms with Crippen molar-refractivity contribution in [2.45, 2.75) is 18.9 Å².